The van der Waals surface area contributed by atoms with Gasteiger partial charge < -0.3 is 5.32 Å². The Hall–Kier alpha value is -3.35. The van der Waals surface area contributed by atoms with Gasteiger partial charge in [-0.3, -0.25) is 9.59 Å². The number of aromatic nitrogens is 2. The first kappa shape index (κ1) is 20.9. The van der Waals surface area contributed by atoms with Gasteiger partial charge >= 0.3 is 0 Å². The molecular weight excluding hydrogens is 430 g/mol. The van der Waals surface area contributed by atoms with E-state index in [1.54, 1.807) is 42.5 Å². The zero-order chi connectivity index (χ0) is 21.8. The van der Waals surface area contributed by atoms with Crippen LogP contribution < -0.4 is 10.9 Å². The number of nitrogens with one attached hydrogen (secondary N) is 1. The Bertz CT molecular complexity index is 1290. The van der Waals surface area contributed by atoms with Crippen molar-refractivity contribution in [2.24, 2.45) is 0 Å². The van der Waals surface area contributed by atoms with Crippen molar-refractivity contribution in [3.05, 3.63) is 111 Å². The highest BCUT2D eigenvalue weighted by molar-refractivity contribution is 7.99. The van der Waals surface area contributed by atoms with E-state index in [2.05, 4.69) is 10.4 Å². The third kappa shape index (κ3) is 5.23. The van der Waals surface area contributed by atoms with Gasteiger partial charge in [0.2, 0.25) is 0 Å². The van der Waals surface area contributed by atoms with Gasteiger partial charge in [-0.25, -0.2) is 0 Å². The molecule has 0 aliphatic carbocycles. The summed E-state index contributed by atoms with van der Waals surface area (Å²) in [5, 5.41) is 8.65. The monoisotopic (exact) mass is 447 g/mol. The van der Waals surface area contributed by atoms with E-state index in [9.17, 15) is 9.59 Å². The summed E-state index contributed by atoms with van der Waals surface area (Å²) in [5.41, 5.74) is 2.62. The van der Waals surface area contributed by atoms with E-state index in [-0.39, 0.29) is 11.5 Å². The molecule has 0 bridgehead atoms. The van der Waals surface area contributed by atoms with Gasteiger partial charge in [0.15, 0.2) is 0 Å². The van der Waals surface area contributed by atoms with E-state index in [1.807, 2.05) is 43.3 Å². The summed E-state index contributed by atoms with van der Waals surface area (Å²) < 4.78 is 1.32. The Morgan fingerprint density at radius 1 is 0.968 bits per heavy atom. The Balaban J connectivity index is 1.53. The molecule has 1 aromatic heterocycles. The van der Waals surface area contributed by atoms with E-state index >= 15 is 0 Å². The summed E-state index contributed by atoms with van der Waals surface area (Å²) in [5.74, 6) is -0.218. The fraction of sp³-hybridized carbons (Fsp3) is 0.0417. The maximum Gasteiger partial charge on any atom is 0.271 e. The summed E-state index contributed by atoms with van der Waals surface area (Å²) >= 11 is 7.36. The number of anilines is 1. The van der Waals surface area contributed by atoms with Crippen molar-refractivity contribution in [2.75, 3.05) is 5.32 Å². The zero-order valence-corrected chi connectivity index (χ0v) is 18.2. The highest BCUT2D eigenvalue weighted by Crippen LogP contribution is 2.26. The number of hydrogen-bond donors (Lipinski definition) is 1. The SMILES string of the molecule is Cc1cccc(NC(=O)c2ccc(-n3nc(Sc4ccc(Cl)cc4)ccc3=O)cc2)c1. The first-order chi connectivity index (χ1) is 15.0. The van der Waals surface area contributed by atoms with Crippen molar-refractivity contribution in [1.29, 1.82) is 0 Å². The van der Waals surface area contributed by atoms with Crippen LogP contribution in [0.2, 0.25) is 5.02 Å². The van der Waals surface area contributed by atoms with Crippen molar-refractivity contribution >= 4 is 35.0 Å². The molecule has 1 heterocycles. The Morgan fingerprint density at radius 3 is 2.42 bits per heavy atom. The lowest BCUT2D eigenvalue weighted by atomic mass is 10.1. The number of nitrogens with zero attached hydrogens (tertiary/aromatic N) is 2. The number of amides is 1. The molecule has 1 N–H and O–H groups in total. The third-order valence-electron chi connectivity index (χ3n) is 4.46. The number of carbonyl (C=O) groups is 1. The van der Waals surface area contributed by atoms with Gasteiger partial charge in [0.1, 0.15) is 5.03 Å². The molecule has 0 radical (unpaired) electrons. The minimum absolute atomic E-state index is 0.218. The molecule has 0 aliphatic heterocycles. The Kier molecular flexibility index (Phi) is 6.21. The van der Waals surface area contributed by atoms with Crippen LogP contribution in [-0.4, -0.2) is 15.7 Å². The molecule has 3 aromatic carbocycles. The number of aryl methyl sites for hydroxylation is 1. The van der Waals surface area contributed by atoms with Gasteiger partial charge in [0, 0.05) is 27.2 Å². The summed E-state index contributed by atoms with van der Waals surface area (Å²) in [6.07, 6.45) is 0. The summed E-state index contributed by atoms with van der Waals surface area (Å²) in [6.45, 7) is 1.97. The second-order valence-electron chi connectivity index (χ2n) is 6.85. The molecule has 31 heavy (non-hydrogen) atoms. The van der Waals surface area contributed by atoms with Crippen molar-refractivity contribution < 1.29 is 4.79 Å². The minimum atomic E-state index is -0.252. The molecule has 0 saturated heterocycles. The third-order valence-corrected chi connectivity index (χ3v) is 5.65. The molecule has 7 heteroatoms. The number of benzene rings is 3. The molecule has 1 amide bonds. The van der Waals surface area contributed by atoms with Gasteiger partial charge in [-0.1, -0.05) is 35.5 Å². The quantitative estimate of drug-likeness (QED) is 0.432. The van der Waals surface area contributed by atoms with Gasteiger partial charge in [-0.2, -0.15) is 9.78 Å². The molecule has 0 saturated carbocycles. The van der Waals surface area contributed by atoms with Gasteiger partial charge in [0.05, 0.1) is 5.69 Å². The highest BCUT2D eigenvalue weighted by Gasteiger charge is 2.09. The molecule has 5 nitrogen and oxygen atoms in total. The maximum absolute atomic E-state index is 12.5. The van der Waals surface area contributed by atoms with Crippen LogP contribution in [0.5, 0.6) is 0 Å². The number of halogens is 1. The molecule has 0 unspecified atom stereocenters. The molecule has 4 aromatic rings. The van der Waals surface area contributed by atoms with Crippen LogP contribution in [0, 0.1) is 6.92 Å². The molecule has 0 aliphatic rings. The molecule has 0 fully saturated rings. The van der Waals surface area contributed by atoms with Crippen LogP contribution in [0.4, 0.5) is 5.69 Å². The number of carbonyl (C=O) groups excluding carboxylic acids is 1. The molecule has 154 valence electrons. The Labute approximate surface area is 188 Å². The van der Waals surface area contributed by atoms with E-state index in [4.69, 9.17) is 11.6 Å². The predicted octanol–water partition coefficient (Wildman–Crippen LogP) is 5.60. The topological polar surface area (TPSA) is 64.0 Å². The highest BCUT2D eigenvalue weighted by atomic mass is 35.5. The minimum Gasteiger partial charge on any atom is -0.322 e. The van der Waals surface area contributed by atoms with Crippen LogP contribution in [0.25, 0.3) is 5.69 Å². The fourth-order valence-corrected chi connectivity index (χ4v) is 3.84. The van der Waals surface area contributed by atoms with Crippen molar-refractivity contribution in [3.63, 3.8) is 0 Å². The van der Waals surface area contributed by atoms with E-state index in [0.717, 1.165) is 16.1 Å². The van der Waals surface area contributed by atoms with E-state index in [0.29, 0.717) is 21.3 Å². The molecule has 0 spiro atoms. The van der Waals surface area contributed by atoms with Gasteiger partial charge in [-0.15, -0.1) is 0 Å². The van der Waals surface area contributed by atoms with Gasteiger partial charge in [-0.05, 0) is 79.2 Å². The van der Waals surface area contributed by atoms with Crippen LogP contribution in [0.3, 0.4) is 0 Å². The van der Waals surface area contributed by atoms with Gasteiger partial charge in [0.25, 0.3) is 11.5 Å². The van der Waals surface area contributed by atoms with E-state index in [1.165, 1.54) is 22.5 Å². The number of hydrogen-bond acceptors (Lipinski definition) is 4. The smallest absolute Gasteiger partial charge is 0.271 e. The normalized spacial score (nSPS) is 10.6. The van der Waals surface area contributed by atoms with E-state index < -0.39 is 0 Å². The largest absolute Gasteiger partial charge is 0.322 e. The average Bonchev–Trinajstić information content (AvgIpc) is 2.77. The average molecular weight is 448 g/mol. The van der Waals surface area contributed by atoms with Crippen LogP contribution in [0.1, 0.15) is 15.9 Å². The molecule has 4 rings (SSSR count). The van der Waals surface area contributed by atoms with Crippen molar-refractivity contribution in [1.82, 2.24) is 9.78 Å². The van der Waals surface area contributed by atoms with Crippen LogP contribution >= 0.6 is 23.4 Å². The van der Waals surface area contributed by atoms with Crippen LogP contribution in [-0.2, 0) is 0 Å². The lowest BCUT2D eigenvalue weighted by Crippen LogP contribution is -2.20. The number of rotatable bonds is 5. The first-order valence-corrected chi connectivity index (χ1v) is 10.7. The standard InChI is InChI=1S/C24H18ClN3O2S/c1-16-3-2-4-19(15-16)26-24(30)17-5-9-20(10-6-17)28-23(29)14-13-22(27-28)31-21-11-7-18(25)8-12-21/h2-15H,1H3,(H,26,30). The zero-order valence-electron chi connectivity index (χ0n) is 16.6. The van der Waals surface area contributed by atoms with Crippen LogP contribution in [0.15, 0.2) is 99.6 Å². The predicted molar refractivity (Wildman–Crippen MR) is 125 cm³/mol. The summed E-state index contributed by atoms with van der Waals surface area (Å²) in [7, 11) is 0. The summed E-state index contributed by atoms with van der Waals surface area (Å²) in [6, 6.07) is 24.9. The second kappa shape index (κ2) is 9.20. The summed E-state index contributed by atoms with van der Waals surface area (Å²) in [4.78, 5) is 25.8. The first-order valence-electron chi connectivity index (χ1n) is 9.50. The second-order valence-corrected chi connectivity index (χ2v) is 8.38. The lowest BCUT2D eigenvalue weighted by Gasteiger charge is -2.09. The maximum atomic E-state index is 12.5. The van der Waals surface area contributed by atoms with Crippen molar-refractivity contribution in [3.8, 4) is 5.69 Å². The Morgan fingerprint density at radius 2 is 1.71 bits per heavy atom. The lowest BCUT2D eigenvalue weighted by molar-refractivity contribution is 0.102. The molecule has 0 atom stereocenters. The van der Waals surface area contributed by atoms with Crippen molar-refractivity contribution in [2.45, 2.75) is 16.8 Å². The molecular formula is C24H18ClN3O2S. The fourth-order valence-electron chi connectivity index (χ4n) is 2.94.